The highest BCUT2D eigenvalue weighted by Gasteiger charge is 2.36. The summed E-state index contributed by atoms with van der Waals surface area (Å²) in [5.74, 6) is 1.36. The van der Waals surface area contributed by atoms with E-state index in [-0.39, 0.29) is 24.4 Å². The van der Waals surface area contributed by atoms with Crippen molar-refractivity contribution in [3.63, 3.8) is 0 Å². The molecule has 0 bridgehead atoms. The van der Waals surface area contributed by atoms with Crippen molar-refractivity contribution >= 4 is 11.8 Å². The van der Waals surface area contributed by atoms with E-state index in [1.54, 1.807) is 4.90 Å². The van der Waals surface area contributed by atoms with Crippen LogP contribution < -0.4 is 10.6 Å². The van der Waals surface area contributed by atoms with Gasteiger partial charge in [0.1, 0.15) is 0 Å². The van der Waals surface area contributed by atoms with Crippen molar-refractivity contribution in [1.29, 1.82) is 0 Å². The van der Waals surface area contributed by atoms with Gasteiger partial charge in [-0.15, -0.1) is 0 Å². The zero-order valence-electron chi connectivity index (χ0n) is 13.4. The number of carbonyl (C=O) groups excluding carboxylic acids is 2. The summed E-state index contributed by atoms with van der Waals surface area (Å²) in [6, 6.07) is 0.108. The normalized spacial score (nSPS) is 25.1. The first-order valence-electron chi connectivity index (χ1n) is 7.99. The molecule has 2 rings (SSSR count). The van der Waals surface area contributed by atoms with Gasteiger partial charge in [0.25, 0.3) is 0 Å². The molecule has 2 aliphatic heterocycles. The monoisotopic (exact) mass is 296 g/mol. The maximum Gasteiger partial charge on any atom is 0.239 e. The molecule has 0 saturated carbocycles. The standard InChI is InChI=1S/C15H28N4O2/c1-4-19(9-14(20)17-11(2)3)15(21)10-18-7-12-5-16-6-13(12)8-18/h11-13,16H,4-10H2,1-3H3,(H,17,20)/t12-,13+. The number of rotatable bonds is 6. The van der Waals surface area contributed by atoms with E-state index in [0.717, 1.165) is 26.2 Å². The second kappa shape index (κ2) is 7.22. The number of likely N-dealkylation sites (N-methyl/N-ethyl adjacent to an activating group) is 1. The summed E-state index contributed by atoms with van der Waals surface area (Å²) in [7, 11) is 0. The predicted molar refractivity (Wildman–Crippen MR) is 81.8 cm³/mol. The Bertz CT molecular complexity index is 374. The Kier molecular flexibility index (Phi) is 5.58. The van der Waals surface area contributed by atoms with E-state index in [2.05, 4.69) is 15.5 Å². The third-order valence-corrected chi connectivity index (χ3v) is 4.34. The first kappa shape index (κ1) is 16.2. The van der Waals surface area contributed by atoms with E-state index >= 15 is 0 Å². The number of nitrogens with zero attached hydrogens (tertiary/aromatic N) is 2. The van der Waals surface area contributed by atoms with Crippen molar-refractivity contribution in [1.82, 2.24) is 20.4 Å². The Morgan fingerprint density at radius 3 is 2.43 bits per heavy atom. The Labute approximate surface area is 127 Å². The molecule has 2 N–H and O–H groups in total. The van der Waals surface area contributed by atoms with Gasteiger partial charge >= 0.3 is 0 Å². The number of carbonyl (C=O) groups is 2. The number of hydrogen-bond acceptors (Lipinski definition) is 4. The second-order valence-electron chi connectivity index (χ2n) is 6.50. The van der Waals surface area contributed by atoms with Crippen LogP contribution in [0.1, 0.15) is 20.8 Å². The smallest absolute Gasteiger partial charge is 0.239 e. The molecule has 0 aromatic carbocycles. The fourth-order valence-corrected chi connectivity index (χ4v) is 3.29. The van der Waals surface area contributed by atoms with Crippen LogP contribution in [-0.2, 0) is 9.59 Å². The Balaban J connectivity index is 1.79. The van der Waals surface area contributed by atoms with Crippen LogP contribution in [0.15, 0.2) is 0 Å². The van der Waals surface area contributed by atoms with Gasteiger partial charge in [0, 0.05) is 25.7 Å². The van der Waals surface area contributed by atoms with Crippen LogP contribution in [0, 0.1) is 11.8 Å². The quantitative estimate of drug-likeness (QED) is 0.694. The van der Waals surface area contributed by atoms with E-state index in [9.17, 15) is 9.59 Å². The lowest BCUT2D eigenvalue weighted by molar-refractivity contribution is -0.136. The van der Waals surface area contributed by atoms with Gasteiger partial charge in [0.2, 0.25) is 11.8 Å². The fourth-order valence-electron chi connectivity index (χ4n) is 3.29. The summed E-state index contributed by atoms with van der Waals surface area (Å²) in [5, 5.41) is 6.24. The van der Waals surface area contributed by atoms with Gasteiger partial charge in [0.05, 0.1) is 13.1 Å². The first-order chi connectivity index (χ1) is 9.99. The van der Waals surface area contributed by atoms with E-state index < -0.39 is 0 Å². The van der Waals surface area contributed by atoms with Gasteiger partial charge in [-0.2, -0.15) is 0 Å². The third-order valence-electron chi connectivity index (χ3n) is 4.34. The Morgan fingerprint density at radius 1 is 1.29 bits per heavy atom. The van der Waals surface area contributed by atoms with Crippen LogP contribution >= 0.6 is 0 Å². The van der Waals surface area contributed by atoms with Crippen molar-refractivity contribution in [2.45, 2.75) is 26.8 Å². The molecule has 0 spiro atoms. The highest BCUT2D eigenvalue weighted by atomic mass is 16.2. The SMILES string of the molecule is CCN(CC(=O)NC(C)C)C(=O)CN1C[C@H]2CNC[C@H]2C1. The van der Waals surface area contributed by atoms with E-state index in [1.165, 1.54) is 0 Å². The van der Waals surface area contributed by atoms with Crippen LogP contribution in [0.3, 0.4) is 0 Å². The minimum absolute atomic E-state index is 0.0596. The topological polar surface area (TPSA) is 64.7 Å². The minimum atomic E-state index is -0.0808. The molecule has 120 valence electrons. The summed E-state index contributed by atoms with van der Waals surface area (Å²) in [6.45, 7) is 11.1. The molecule has 2 amide bonds. The van der Waals surface area contributed by atoms with Crippen molar-refractivity contribution in [3.05, 3.63) is 0 Å². The fraction of sp³-hybridized carbons (Fsp3) is 0.867. The third kappa shape index (κ3) is 4.41. The molecule has 0 unspecified atom stereocenters. The highest BCUT2D eigenvalue weighted by Crippen LogP contribution is 2.25. The molecule has 2 fully saturated rings. The van der Waals surface area contributed by atoms with Crippen LogP contribution in [0.2, 0.25) is 0 Å². The highest BCUT2D eigenvalue weighted by molar-refractivity contribution is 5.85. The maximum atomic E-state index is 12.4. The first-order valence-corrected chi connectivity index (χ1v) is 7.99. The molecule has 6 nitrogen and oxygen atoms in total. The molecule has 0 aromatic heterocycles. The summed E-state index contributed by atoms with van der Waals surface area (Å²) < 4.78 is 0. The van der Waals surface area contributed by atoms with Crippen molar-refractivity contribution in [3.8, 4) is 0 Å². The summed E-state index contributed by atoms with van der Waals surface area (Å²) in [5.41, 5.74) is 0. The predicted octanol–water partition coefficient (Wildman–Crippen LogP) is -0.489. The molecule has 21 heavy (non-hydrogen) atoms. The summed E-state index contributed by atoms with van der Waals surface area (Å²) >= 11 is 0. The molecule has 0 radical (unpaired) electrons. The lowest BCUT2D eigenvalue weighted by atomic mass is 10.0. The molecule has 2 aliphatic rings. The van der Waals surface area contributed by atoms with Crippen LogP contribution in [-0.4, -0.2) is 73.5 Å². The lowest BCUT2D eigenvalue weighted by Crippen LogP contribution is -2.46. The zero-order valence-corrected chi connectivity index (χ0v) is 13.4. The van der Waals surface area contributed by atoms with Gasteiger partial charge in [-0.25, -0.2) is 0 Å². The molecule has 6 heteroatoms. The molecule has 2 heterocycles. The molecular formula is C15H28N4O2. The Hall–Kier alpha value is -1.14. The summed E-state index contributed by atoms with van der Waals surface area (Å²) in [6.07, 6.45) is 0. The minimum Gasteiger partial charge on any atom is -0.352 e. The largest absolute Gasteiger partial charge is 0.352 e. The van der Waals surface area contributed by atoms with Crippen LogP contribution in [0.25, 0.3) is 0 Å². The van der Waals surface area contributed by atoms with Gasteiger partial charge in [-0.1, -0.05) is 0 Å². The number of amides is 2. The average molecular weight is 296 g/mol. The van der Waals surface area contributed by atoms with Crippen LogP contribution in [0.5, 0.6) is 0 Å². The zero-order chi connectivity index (χ0) is 15.4. The van der Waals surface area contributed by atoms with E-state index in [4.69, 9.17) is 0 Å². The Morgan fingerprint density at radius 2 is 1.90 bits per heavy atom. The number of nitrogens with one attached hydrogen (secondary N) is 2. The molecule has 0 aliphatic carbocycles. The molecule has 2 atom stereocenters. The van der Waals surface area contributed by atoms with Gasteiger partial charge in [-0.3, -0.25) is 14.5 Å². The van der Waals surface area contributed by atoms with E-state index in [1.807, 2.05) is 20.8 Å². The second-order valence-corrected chi connectivity index (χ2v) is 6.50. The molecular weight excluding hydrogens is 268 g/mol. The molecule has 2 saturated heterocycles. The number of likely N-dealkylation sites (tertiary alicyclic amines) is 1. The van der Waals surface area contributed by atoms with Crippen molar-refractivity contribution < 1.29 is 9.59 Å². The van der Waals surface area contributed by atoms with Gasteiger partial charge in [0.15, 0.2) is 0 Å². The number of fused-ring (bicyclic) bond motifs is 1. The van der Waals surface area contributed by atoms with Gasteiger partial charge in [-0.05, 0) is 45.7 Å². The molecule has 0 aromatic rings. The van der Waals surface area contributed by atoms with Crippen molar-refractivity contribution in [2.24, 2.45) is 11.8 Å². The van der Waals surface area contributed by atoms with Gasteiger partial charge < -0.3 is 15.5 Å². The van der Waals surface area contributed by atoms with Crippen LogP contribution in [0.4, 0.5) is 0 Å². The van der Waals surface area contributed by atoms with E-state index in [0.29, 0.717) is 24.9 Å². The average Bonchev–Trinajstić information content (AvgIpc) is 2.95. The lowest BCUT2D eigenvalue weighted by Gasteiger charge is -2.24. The van der Waals surface area contributed by atoms with Crippen molar-refractivity contribution in [2.75, 3.05) is 45.8 Å². The summed E-state index contributed by atoms with van der Waals surface area (Å²) in [4.78, 5) is 28.0. The maximum absolute atomic E-state index is 12.4. The number of hydrogen-bond donors (Lipinski definition) is 2.